The standard InChI is InChI=1S/C24H19N3O2S/c1-15(28)16-11-12-22(29-2)17(13-16)14-30-24-26-19-8-4-3-7-18(19)23-25-20-9-5-6-10-21(20)27(23)24/h3-13H,14H2,1-2H3. The van der Waals surface area contributed by atoms with Gasteiger partial charge in [-0.25, -0.2) is 9.97 Å². The number of nitrogens with zero attached hydrogens (tertiary/aromatic N) is 3. The Kier molecular flexibility index (Phi) is 4.64. The van der Waals surface area contributed by atoms with Gasteiger partial charge in [-0.1, -0.05) is 36.0 Å². The van der Waals surface area contributed by atoms with E-state index >= 15 is 0 Å². The fraction of sp³-hybridized carbons (Fsp3) is 0.125. The van der Waals surface area contributed by atoms with Crippen molar-refractivity contribution in [1.29, 1.82) is 0 Å². The Labute approximate surface area is 177 Å². The topological polar surface area (TPSA) is 56.5 Å². The van der Waals surface area contributed by atoms with Crippen LogP contribution in [0.2, 0.25) is 0 Å². The maximum Gasteiger partial charge on any atom is 0.175 e. The number of carbonyl (C=O) groups excluding carboxylic acids is 1. The molecule has 0 aliphatic rings. The summed E-state index contributed by atoms with van der Waals surface area (Å²) in [5.74, 6) is 1.42. The minimum Gasteiger partial charge on any atom is -0.496 e. The van der Waals surface area contributed by atoms with Gasteiger partial charge in [-0.15, -0.1) is 0 Å². The van der Waals surface area contributed by atoms with Crippen LogP contribution in [-0.4, -0.2) is 27.3 Å². The third-order valence-corrected chi connectivity index (χ3v) is 6.14. The third kappa shape index (κ3) is 3.09. The zero-order chi connectivity index (χ0) is 20.7. The summed E-state index contributed by atoms with van der Waals surface area (Å²) in [5, 5.41) is 1.88. The van der Waals surface area contributed by atoms with Gasteiger partial charge in [0.2, 0.25) is 0 Å². The van der Waals surface area contributed by atoms with Crippen molar-refractivity contribution in [2.45, 2.75) is 17.8 Å². The molecule has 0 spiro atoms. The predicted molar refractivity (Wildman–Crippen MR) is 121 cm³/mol. The van der Waals surface area contributed by atoms with Gasteiger partial charge < -0.3 is 4.74 Å². The van der Waals surface area contributed by atoms with E-state index in [0.717, 1.165) is 44.1 Å². The van der Waals surface area contributed by atoms with Crippen LogP contribution in [0.5, 0.6) is 5.75 Å². The van der Waals surface area contributed by atoms with Crippen LogP contribution in [-0.2, 0) is 5.75 Å². The molecule has 6 heteroatoms. The van der Waals surface area contributed by atoms with E-state index in [1.54, 1.807) is 31.9 Å². The van der Waals surface area contributed by atoms with E-state index in [4.69, 9.17) is 14.7 Å². The molecule has 0 aliphatic carbocycles. The highest BCUT2D eigenvalue weighted by atomic mass is 32.2. The molecule has 0 N–H and O–H groups in total. The van der Waals surface area contributed by atoms with Crippen molar-refractivity contribution in [3.8, 4) is 5.75 Å². The zero-order valence-electron chi connectivity index (χ0n) is 16.6. The van der Waals surface area contributed by atoms with Gasteiger partial charge in [-0.05, 0) is 49.4 Å². The summed E-state index contributed by atoms with van der Waals surface area (Å²) in [6.07, 6.45) is 0. The van der Waals surface area contributed by atoms with Crippen LogP contribution < -0.4 is 4.74 Å². The van der Waals surface area contributed by atoms with Crippen molar-refractivity contribution >= 4 is 45.1 Å². The van der Waals surface area contributed by atoms with Crippen LogP contribution in [0.1, 0.15) is 22.8 Å². The van der Waals surface area contributed by atoms with Crippen LogP contribution in [0.3, 0.4) is 0 Å². The molecular weight excluding hydrogens is 394 g/mol. The number of ketones is 1. The number of ether oxygens (including phenoxy) is 1. The van der Waals surface area contributed by atoms with E-state index in [9.17, 15) is 4.79 Å². The number of Topliss-reactive ketones (excluding diaryl/α,β-unsaturated/α-hetero) is 1. The van der Waals surface area contributed by atoms with Crippen molar-refractivity contribution in [2.24, 2.45) is 0 Å². The normalized spacial score (nSPS) is 11.4. The van der Waals surface area contributed by atoms with Crippen LogP contribution in [0.4, 0.5) is 0 Å². The van der Waals surface area contributed by atoms with E-state index in [-0.39, 0.29) is 5.78 Å². The number of hydrogen-bond donors (Lipinski definition) is 0. The molecule has 3 aromatic carbocycles. The first-order valence-electron chi connectivity index (χ1n) is 9.62. The molecule has 0 atom stereocenters. The Morgan fingerprint density at radius 3 is 2.57 bits per heavy atom. The van der Waals surface area contributed by atoms with Gasteiger partial charge in [0.25, 0.3) is 0 Å². The number of para-hydroxylation sites is 3. The average molecular weight is 414 g/mol. The number of fused-ring (bicyclic) bond motifs is 5. The molecule has 0 fully saturated rings. The lowest BCUT2D eigenvalue weighted by atomic mass is 10.1. The summed E-state index contributed by atoms with van der Waals surface area (Å²) < 4.78 is 7.63. The molecule has 148 valence electrons. The van der Waals surface area contributed by atoms with Gasteiger partial charge >= 0.3 is 0 Å². The van der Waals surface area contributed by atoms with E-state index in [0.29, 0.717) is 11.3 Å². The Balaban J connectivity index is 1.66. The lowest BCUT2D eigenvalue weighted by molar-refractivity contribution is 0.101. The smallest absolute Gasteiger partial charge is 0.175 e. The average Bonchev–Trinajstić information content (AvgIpc) is 3.17. The van der Waals surface area contributed by atoms with Gasteiger partial charge in [-0.2, -0.15) is 0 Å². The molecule has 0 aliphatic heterocycles. The lowest BCUT2D eigenvalue weighted by Gasteiger charge is -2.11. The van der Waals surface area contributed by atoms with Crippen LogP contribution >= 0.6 is 11.8 Å². The monoisotopic (exact) mass is 413 g/mol. The van der Waals surface area contributed by atoms with Gasteiger partial charge in [-0.3, -0.25) is 9.20 Å². The summed E-state index contributed by atoms with van der Waals surface area (Å²) in [5.41, 5.74) is 5.41. The van der Waals surface area contributed by atoms with E-state index in [1.165, 1.54) is 0 Å². The fourth-order valence-corrected chi connectivity index (χ4v) is 4.65. The molecule has 0 amide bonds. The van der Waals surface area contributed by atoms with Crippen molar-refractivity contribution < 1.29 is 9.53 Å². The minimum atomic E-state index is 0.0377. The SMILES string of the molecule is COc1ccc(C(C)=O)cc1CSc1nc2ccccc2c2nc3ccccc3n12. The van der Waals surface area contributed by atoms with Crippen LogP contribution in [0, 0.1) is 0 Å². The van der Waals surface area contributed by atoms with Gasteiger partial charge in [0.15, 0.2) is 10.9 Å². The highest BCUT2D eigenvalue weighted by molar-refractivity contribution is 7.98. The summed E-state index contributed by atoms with van der Waals surface area (Å²) in [6.45, 7) is 1.57. The van der Waals surface area contributed by atoms with Crippen molar-refractivity contribution in [3.63, 3.8) is 0 Å². The van der Waals surface area contributed by atoms with Crippen molar-refractivity contribution in [3.05, 3.63) is 77.9 Å². The number of benzene rings is 3. The molecule has 5 aromatic rings. The number of carbonyl (C=O) groups is 1. The number of aromatic nitrogens is 3. The molecule has 5 rings (SSSR count). The van der Waals surface area contributed by atoms with Gasteiger partial charge in [0.05, 0.1) is 23.7 Å². The zero-order valence-corrected chi connectivity index (χ0v) is 17.4. The summed E-state index contributed by atoms with van der Waals surface area (Å²) in [4.78, 5) is 21.6. The first-order chi connectivity index (χ1) is 14.7. The number of thioether (sulfide) groups is 1. The van der Waals surface area contributed by atoms with Crippen molar-refractivity contribution in [2.75, 3.05) is 7.11 Å². The van der Waals surface area contributed by atoms with Gasteiger partial charge in [0, 0.05) is 22.3 Å². The molecule has 30 heavy (non-hydrogen) atoms. The largest absolute Gasteiger partial charge is 0.496 e. The maximum absolute atomic E-state index is 11.8. The Hall–Kier alpha value is -3.38. The minimum absolute atomic E-state index is 0.0377. The molecule has 0 saturated carbocycles. The van der Waals surface area contributed by atoms with E-state index in [1.807, 2.05) is 48.5 Å². The van der Waals surface area contributed by atoms with E-state index in [2.05, 4.69) is 16.5 Å². The molecule has 0 saturated heterocycles. The molecular formula is C24H19N3O2S. The lowest BCUT2D eigenvalue weighted by Crippen LogP contribution is -1.99. The summed E-state index contributed by atoms with van der Waals surface area (Å²) in [6, 6.07) is 21.7. The summed E-state index contributed by atoms with van der Waals surface area (Å²) >= 11 is 1.61. The maximum atomic E-state index is 11.8. The second kappa shape index (κ2) is 7.46. The Morgan fingerprint density at radius 2 is 1.77 bits per heavy atom. The summed E-state index contributed by atoms with van der Waals surface area (Å²) in [7, 11) is 1.65. The molecule has 0 bridgehead atoms. The van der Waals surface area contributed by atoms with Gasteiger partial charge in [0.1, 0.15) is 11.4 Å². The quantitative estimate of drug-likeness (QED) is 0.215. The number of imidazole rings is 1. The molecule has 0 radical (unpaired) electrons. The number of hydrogen-bond acceptors (Lipinski definition) is 5. The first-order valence-corrected chi connectivity index (χ1v) is 10.6. The van der Waals surface area contributed by atoms with Crippen LogP contribution in [0.25, 0.3) is 27.6 Å². The Morgan fingerprint density at radius 1 is 1.00 bits per heavy atom. The fourth-order valence-electron chi connectivity index (χ4n) is 3.66. The molecule has 2 heterocycles. The second-order valence-corrected chi connectivity index (χ2v) is 7.99. The third-order valence-electron chi connectivity index (χ3n) is 5.16. The van der Waals surface area contributed by atoms with Crippen LogP contribution in [0.15, 0.2) is 71.9 Å². The second-order valence-electron chi connectivity index (χ2n) is 7.04. The predicted octanol–water partition coefficient (Wildman–Crippen LogP) is 5.54. The highest BCUT2D eigenvalue weighted by Crippen LogP contribution is 2.32. The van der Waals surface area contributed by atoms with Crippen molar-refractivity contribution in [1.82, 2.24) is 14.4 Å². The number of rotatable bonds is 5. The highest BCUT2D eigenvalue weighted by Gasteiger charge is 2.15. The number of methoxy groups -OCH3 is 1. The molecule has 2 aromatic heterocycles. The first kappa shape index (κ1) is 18.6. The van der Waals surface area contributed by atoms with E-state index < -0.39 is 0 Å². The Bertz CT molecular complexity index is 1420. The molecule has 0 unspecified atom stereocenters. The molecule has 5 nitrogen and oxygen atoms in total.